The van der Waals surface area contributed by atoms with Gasteiger partial charge in [0.05, 0.1) is 33.6 Å². The third-order valence-electron chi connectivity index (χ3n) is 6.49. The van der Waals surface area contributed by atoms with Crippen LogP contribution in [-0.4, -0.2) is 28.0 Å². The molecule has 1 fully saturated rings. The molecule has 1 saturated carbocycles. The Morgan fingerprint density at radius 3 is 2.44 bits per heavy atom. The van der Waals surface area contributed by atoms with E-state index >= 15 is 4.39 Å². The Morgan fingerprint density at radius 1 is 1.08 bits per heavy atom. The van der Waals surface area contributed by atoms with Gasteiger partial charge in [0.15, 0.2) is 0 Å². The fourth-order valence-corrected chi connectivity index (χ4v) is 5.31. The van der Waals surface area contributed by atoms with Crippen LogP contribution in [-0.2, 0) is 17.1 Å². The number of sulfonamides is 1. The van der Waals surface area contributed by atoms with Gasteiger partial charge in [0.1, 0.15) is 11.5 Å². The zero-order valence-corrected chi connectivity index (χ0v) is 24.1. The SMILES string of the molecule is CC(C)S(=O)(=O)Nc1cccc(-c2nn(C3CC3)c(=O)c3c(Nc4ccc(I)cc4F)c(F)c(=O)n(C)c23)c1. The van der Waals surface area contributed by atoms with Gasteiger partial charge in [-0.1, -0.05) is 12.1 Å². The van der Waals surface area contributed by atoms with E-state index in [0.717, 1.165) is 4.57 Å². The summed E-state index contributed by atoms with van der Waals surface area (Å²) in [6.07, 6.45) is 1.38. The fraction of sp³-hybridized carbons (Fsp3) is 0.269. The number of nitrogens with zero attached hydrogens (tertiary/aromatic N) is 3. The summed E-state index contributed by atoms with van der Waals surface area (Å²) in [6.45, 7) is 3.09. The molecule has 0 saturated heterocycles. The average molecular weight is 667 g/mol. The molecule has 2 heterocycles. The van der Waals surface area contributed by atoms with E-state index in [1.807, 2.05) is 22.6 Å². The number of rotatable bonds is 7. The molecule has 0 radical (unpaired) electrons. The van der Waals surface area contributed by atoms with Crippen LogP contribution in [0.1, 0.15) is 32.7 Å². The number of hydrogen-bond donors (Lipinski definition) is 2. The number of halogens is 3. The molecule has 2 N–H and O–H groups in total. The van der Waals surface area contributed by atoms with Gasteiger partial charge in [0, 0.05) is 21.9 Å². The molecule has 2 aromatic carbocycles. The number of anilines is 3. The number of benzene rings is 2. The lowest BCUT2D eigenvalue weighted by atomic mass is 10.1. The first-order chi connectivity index (χ1) is 18.4. The summed E-state index contributed by atoms with van der Waals surface area (Å²) in [5.41, 5.74) is -1.38. The molecule has 39 heavy (non-hydrogen) atoms. The van der Waals surface area contributed by atoms with Crippen molar-refractivity contribution in [1.82, 2.24) is 14.3 Å². The monoisotopic (exact) mass is 667 g/mol. The van der Waals surface area contributed by atoms with Gasteiger partial charge in [0.25, 0.3) is 11.1 Å². The minimum absolute atomic E-state index is 0.0283. The van der Waals surface area contributed by atoms with E-state index in [1.54, 1.807) is 38.1 Å². The number of aromatic nitrogens is 3. The smallest absolute Gasteiger partial charge is 0.289 e. The average Bonchev–Trinajstić information content (AvgIpc) is 3.71. The largest absolute Gasteiger partial charge is 0.350 e. The van der Waals surface area contributed by atoms with E-state index in [0.29, 0.717) is 22.0 Å². The van der Waals surface area contributed by atoms with Crippen LogP contribution in [0, 0.1) is 15.2 Å². The first kappa shape index (κ1) is 27.2. The second-order valence-corrected chi connectivity index (χ2v) is 13.1. The van der Waals surface area contributed by atoms with Crippen molar-refractivity contribution in [2.75, 3.05) is 10.0 Å². The highest BCUT2D eigenvalue weighted by Crippen LogP contribution is 2.37. The predicted octanol–water partition coefficient (Wildman–Crippen LogP) is 4.87. The summed E-state index contributed by atoms with van der Waals surface area (Å²) < 4.78 is 60.5. The van der Waals surface area contributed by atoms with Gasteiger partial charge in [-0.05, 0) is 79.6 Å². The third-order valence-corrected chi connectivity index (χ3v) is 8.92. The number of hydrogen-bond acceptors (Lipinski definition) is 6. The molecule has 0 spiro atoms. The first-order valence-electron chi connectivity index (χ1n) is 12.1. The van der Waals surface area contributed by atoms with Crippen molar-refractivity contribution in [1.29, 1.82) is 0 Å². The van der Waals surface area contributed by atoms with Crippen molar-refractivity contribution in [3.63, 3.8) is 0 Å². The van der Waals surface area contributed by atoms with E-state index in [-0.39, 0.29) is 34.0 Å². The van der Waals surface area contributed by atoms with Crippen LogP contribution < -0.4 is 21.2 Å². The van der Waals surface area contributed by atoms with Gasteiger partial charge in [0.2, 0.25) is 15.8 Å². The van der Waals surface area contributed by atoms with E-state index < -0.39 is 43.7 Å². The molecule has 9 nitrogen and oxygen atoms in total. The maximum Gasteiger partial charge on any atom is 0.289 e. The normalized spacial score (nSPS) is 13.7. The van der Waals surface area contributed by atoms with Gasteiger partial charge in [-0.2, -0.15) is 9.49 Å². The fourth-order valence-electron chi connectivity index (χ4n) is 4.17. The minimum atomic E-state index is -3.66. The number of pyridine rings is 1. The summed E-state index contributed by atoms with van der Waals surface area (Å²) in [4.78, 5) is 26.7. The van der Waals surface area contributed by atoms with E-state index in [2.05, 4.69) is 15.1 Å². The molecule has 0 unspecified atom stereocenters. The molecule has 4 aromatic rings. The Balaban J connectivity index is 1.81. The first-order valence-corrected chi connectivity index (χ1v) is 14.7. The standard InChI is InChI=1S/C26H24F2IN5O4S/c1-13(2)39(37,38)32-16-6-4-5-14(11-16)22-24-20(25(35)34(31-22)17-8-9-17)23(21(28)26(36)33(24)3)30-19-10-7-15(29)12-18(19)27/h4-7,10-13,17,30,32H,8-9H2,1-3H3. The van der Waals surface area contributed by atoms with Gasteiger partial charge >= 0.3 is 0 Å². The van der Waals surface area contributed by atoms with E-state index in [9.17, 15) is 22.4 Å². The van der Waals surface area contributed by atoms with Gasteiger partial charge < -0.3 is 9.88 Å². The number of nitrogens with one attached hydrogen (secondary N) is 2. The zero-order chi connectivity index (χ0) is 28.2. The summed E-state index contributed by atoms with van der Waals surface area (Å²) in [5.74, 6) is -1.92. The lowest BCUT2D eigenvalue weighted by molar-refractivity contribution is 0.590. The van der Waals surface area contributed by atoms with Crippen LogP contribution >= 0.6 is 22.6 Å². The van der Waals surface area contributed by atoms with E-state index in [1.165, 1.54) is 29.9 Å². The van der Waals surface area contributed by atoms with Crippen molar-refractivity contribution in [2.45, 2.75) is 38.0 Å². The molecule has 2 aromatic heterocycles. The van der Waals surface area contributed by atoms with Crippen molar-refractivity contribution in [3.8, 4) is 11.3 Å². The molecular weight excluding hydrogens is 643 g/mol. The van der Waals surface area contributed by atoms with Gasteiger partial charge in [-0.25, -0.2) is 17.5 Å². The van der Waals surface area contributed by atoms with Gasteiger partial charge in [-0.15, -0.1) is 0 Å². The molecular formula is C26H24F2IN5O4S. The Bertz CT molecular complexity index is 1870. The van der Waals surface area contributed by atoms with Crippen molar-refractivity contribution >= 4 is 60.6 Å². The highest BCUT2D eigenvalue weighted by Gasteiger charge is 2.31. The Morgan fingerprint density at radius 2 is 1.79 bits per heavy atom. The zero-order valence-electron chi connectivity index (χ0n) is 21.1. The van der Waals surface area contributed by atoms with Crippen LogP contribution in [0.2, 0.25) is 0 Å². The molecule has 0 aliphatic heterocycles. The lowest BCUT2D eigenvalue weighted by Gasteiger charge is -2.18. The topological polar surface area (TPSA) is 115 Å². The maximum absolute atomic E-state index is 15.5. The number of fused-ring (bicyclic) bond motifs is 1. The second-order valence-electron chi connectivity index (χ2n) is 9.63. The van der Waals surface area contributed by atoms with Crippen LogP contribution in [0.4, 0.5) is 25.8 Å². The molecule has 0 bridgehead atoms. The Kier molecular flexibility index (Phi) is 6.99. The molecule has 1 aliphatic carbocycles. The quantitative estimate of drug-likeness (QED) is 0.272. The van der Waals surface area contributed by atoms with Crippen LogP contribution in [0.5, 0.6) is 0 Å². The second kappa shape index (κ2) is 10.0. The van der Waals surface area contributed by atoms with Crippen LogP contribution in [0.3, 0.4) is 0 Å². The molecule has 5 rings (SSSR count). The molecule has 0 amide bonds. The number of aryl methyl sites for hydroxylation is 1. The minimum Gasteiger partial charge on any atom is -0.350 e. The van der Waals surface area contributed by atoms with Crippen LogP contribution in [0.15, 0.2) is 52.1 Å². The van der Waals surface area contributed by atoms with Crippen molar-refractivity contribution < 1.29 is 17.2 Å². The Labute approximate surface area is 236 Å². The maximum atomic E-state index is 15.5. The highest BCUT2D eigenvalue weighted by molar-refractivity contribution is 14.1. The summed E-state index contributed by atoms with van der Waals surface area (Å²) in [5, 5.41) is 6.34. The van der Waals surface area contributed by atoms with Crippen molar-refractivity contribution in [3.05, 3.63) is 78.4 Å². The van der Waals surface area contributed by atoms with Gasteiger partial charge in [-0.3, -0.25) is 14.3 Å². The summed E-state index contributed by atoms with van der Waals surface area (Å²) in [6, 6.07) is 10.4. The molecule has 204 valence electrons. The third kappa shape index (κ3) is 5.04. The summed E-state index contributed by atoms with van der Waals surface area (Å²) >= 11 is 1.93. The highest BCUT2D eigenvalue weighted by atomic mass is 127. The summed E-state index contributed by atoms with van der Waals surface area (Å²) in [7, 11) is -2.34. The van der Waals surface area contributed by atoms with Crippen LogP contribution in [0.25, 0.3) is 22.2 Å². The molecule has 1 aliphatic rings. The lowest BCUT2D eigenvalue weighted by Crippen LogP contribution is -2.30. The van der Waals surface area contributed by atoms with Crippen molar-refractivity contribution in [2.24, 2.45) is 7.05 Å². The predicted molar refractivity (Wildman–Crippen MR) is 155 cm³/mol. The Hall–Kier alpha value is -3.33. The molecule has 13 heteroatoms. The van der Waals surface area contributed by atoms with E-state index in [4.69, 9.17) is 0 Å². The molecule has 0 atom stereocenters.